The number of fused-ring (bicyclic) bond motifs is 3. The molecule has 2 aliphatic rings. The fraction of sp³-hybridized carbons (Fsp3) is 0.214. The highest BCUT2D eigenvalue weighted by Gasteiger charge is 2.37. The molecular weight excluding hydrogens is 528 g/mol. The number of nitrogens with one attached hydrogen (secondary N) is 2. The van der Waals surface area contributed by atoms with Crippen molar-refractivity contribution in [2.45, 2.75) is 18.6 Å². The van der Waals surface area contributed by atoms with E-state index in [0.29, 0.717) is 43.3 Å². The first-order chi connectivity index (χ1) is 19.2. The maximum atomic E-state index is 13.4. The standard InChI is InChI=1S/C28H22F4N6O2/c29-18-13-33-27(34-14-18)37-8-9-38-20(15-37)11-17-10-19(6-7-22(17)38)35-26(40)25(39)24-21(16-4-2-1-3-5-16)12-23(36-24)28(30,31)32/h1-7,10,12-14,20,36H,8-9,11,15H2,(H,35,40)/t20-/m0/s1. The van der Waals surface area contributed by atoms with Crippen LogP contribution in [0.25, 0.3) is 11.1 Å². The van der Waals surface area contributed by atoms with Crippen molar-refractivity contribution < 1.29 is 27.2 Å². The largest absolute Gasteiger partial charge is 0.431 e. The van der Waals surface area contributed by atoms with Gasteiger partial charge in [-0.05, 0) is 41.8 Å². The molecule has 2 aromatic heterocycles. The van der Waals surface area contributed by atoms with Crippen molar-refractivity contribution in [2.75, 3.05) is 34.8 Å². The van der Waals surface area contributed by atoms with Gasteiger partial charge in [0.1, 0.15) is 11.4 Å². The van der Waals surface area contributed by atoms with Crippen molar-refractivity contribution in [1.82, 2.24) is 15.0 Å². The number of piperazine rings is 1. The van der Waals surface area contributed by atoms with E-state index in [1.54, 1.807) is 42.5 Å². The van der Waals surface area contributed by atoms with Gasteiger partial charge in [0.2, 0.25) is 5.95 Å². The highest BCUT2D eigenvalue weighted by molar-refractivity contribution is 6.47. The van der Waals surface area contributed by atoms with E-state index in [4.69, 9.17) is 0 Å². The molecule has 2 aromatic carbocycles. The summed E-state index contributed by atoms with van der Waals surface area (Å²) in [5.41, 5.74) is 1.14. The minimum Gasteiger partial charge on any atom is -0.364 e. The Morgan fingerprint density at radius 2 is 1.75 bits per heavy atom. The average molecular weight is 551 g/mol. The Hall–Kier alpha value is -4.74. The Morgan fingerprint density at radius 1 is 1.00 bits per heavy atom. The molecule has 1 fully saturated rings. The molecular formula is C28H22F4N6O2. The van der Waals surface area contributed by atoms with E-state index in [1.807, 2.05) is 11.0 Å². The first-order valence-electron chi connectivity index (χ1n) is 12.5. The van der Waals surface area contributed by atoms with Crippen LogP contribution >= 0.6 is 0 Å². The molecule has 0 unspecified atom stereocenters. The van der Waals surface area contributed by atoms with E-state index in [-0.39, 0.29) is 11.6 Å². The molecule has 6 rings (SSSR count). The normalized spacial score (nSPS) is 16.4. The number of rotatable bonds is 5. The second kappa shape index (κ2) is 9.78. The van der Waals surface area contributed by atoms with E-state index in [2.05, 4.69) is 25.2 Å². The lowest BCUT2D eigenvalue weighted by Crippen LogP contribution is -2.52. The predicted molar refractivity (Wildman–Crippen MR) is 140 cm³/mol. The molecule has 0 saturated carbocycles. The number of anilines is 3. The van der Waals surface area contributed by atoms with Crippen molar-refractivity contribution >= 4 is 29.0 Å². The summed E-state index contributed by atoms with van der Waals surface area (Å²) in [6, 6.07) is 14.3. The number of alkyl halides is 3. The SMILES string of the molecule is O=C(Nc1ccc2c(c1)C[C@H]1CN(c3ncc(F)cn3)CCN21)C(=O)c1[nH]c(C(F)(F)F)cc1-c1ccccc1. The van der Waals surface area contributed by atoms with Crippen molar-refractivity contribution in [2.24, 2.45) is 0 Å². The van der Waals surface area contributed by atoms with Crippen LogP contribution in [-0.4, -0.2) is 52.3 Å². The Morgan fingerprint density at radius 3 is 2.48 bits per heavy atom. The maximum Gasteiger partial charge on any atom is 0.431 e. The second-order valence-corrected chi connectivity index (χ2v) is 9.66. The van der Waals surface area contributed by atoms with Gasteiger partial charge in [-0.2, -0.15) is 13.2 Å². The third kappa shape index (κ3) is 4.76. The topological polar surface area (TPSA) is 94.2 Å². The second-order valence-electron chi connectivity index (χ2n) is 9.66. The molecule has 0 radical (unpaired) electrons. The number of halogens is 4. The lowest BCUT2D eigenvalue weighted by molar-refractivity contribution is -0.140. The number of aromatic amines is 1. The fourth-order valence-corrected chi connectivity index (χ4v) is 5.29. The number of amides is 1. The third-order valence-electron chi connectivity index (χ3n) is 7.12. The van der Waals surface area contributed by atoms with Gasteiger partial charge in [-0.25, -0.2) is 14.4 Å². The van der Waals surface area contributed by atoms with Crippen molar-refractivity contribution in [3.8, 4) is 11.1 Å². The van der Waals surface area contributed by atoms with Gasteiger partial charge in [-0.3, -0.25) is 9.59 Å². The number of benzene rings is 2. The van der Waals surface area contributed by atoms with Gasteiger partial charge in [0.05, 0.1) is 18.4 Å². The number of hydrogen-bond acceptors (Lipinski definition) is 6. The zero-order valence-corrected chi connectivity index (χ0v) is 20.9. The molecule has 12 heteroatoms. The summed E-state index contributed by atoms with van der Waals surface area (Å²) in [7, 11) is 0. The minimum absolute atomic E-state index is 0.00593. The molecule has 4 aromatic rings. The van der Waals surface area contributed by atoms with E-state index in [9.17, 15) is 27.2 Å². The molecule has 2 aliphatic heterocycles. The van der Waals surface area contributed by atoms with Gasteiger partial charge in [0.15, 0.2) is 5.82 Å². The summed E-state index contributed by atoms with van der Waals surface area (Å²) in [5, 5.41) is 2.54. The zero-order chi connectivity index (χ0) is 28.0. The van der Waals surface area contributed by atoms with Crippen molar-refractivity contribution in [3.05, 3.63) is 89.8 Å². The predicted octanol–water partition coefficient (Wildman–Crippen LogP) is 4.70. The molecule has 1 amide bonds. The lowest BCUT2D eigenvalue weighted by atomic mass is 10.0. The van der Waals surface area contributed by atoms with Crippen LogP contribution in [0.5, 0.6) is 0 Å². The van der Waals surface area contributed by atoms with Crippen LogP contribution in [0.2, 0.25) is 0 Å². The van der Waals surface area contributed by atoms with Crippen LogP contribution in [0.1, 0.15) is 21.7 Å². The van der Waals surface area contributed by atoms with Gasteiger partial charge >= 0.3 is 6.18 Å². The first kappa shape index (κ1) is 25.5. The Labute approximate surface area is 225 Å². The van der Waals surface area contributed by atoms with E-state index < -0.39 is 35.1 Å². The average Bonchev–Trinajstić information content (AvgIpc) is 3.55. The summed E-state index contributed by atoms with van der Waals surface area (Å²) in [6.07, 6.45) is -1.79. The number of H-pyrrole nitrogens is 1. The van der Waals surface area contributed by atoms with E-state index >= 15 is 0 Å². The number of carbonyl (C=O) groups excluding carboxylic acids is 2. The summed E-state index contributed by atoms with van der Waals surface area (Å²) >= 11 is 0. The fourth-order valence-electron chi connectivity index (χ4n) is 5.29. The van der Waals surface area contributed by atoms with E-state index in [1.165, 1.54) is 0 Å². The number of hydrogen-bond donors (Lipinski definition) is 2. The van der Waals surface area contributed by atoms with Crippen LogP contribution in [0, 0.1) is 5.82 Å². The smallest absolute Gasteiger partial charge is 0.364 e. The van der Waals surface area contributed by atoms with Crippen LogP contribution < -0.4 is 15.1 Å². The highest BCUT2D eigenvalue weighted by atomic mass is 19.4. The molecule has 204 valence electrons. The van der Waals surface area contributed by atoms with Gasteiger partial charge in [-0.1, -0.05) is 30.3 Å². The Balaban J connectivity index is 1.19. The summed E-state index contributed by atoms with van der Waals surface area (Å²) < 4.78 is 53.5. The third-order valence-corrected chi connectivity index (χ3v) is 7.12. The number of nitrogens with zero attached hydrogens (tertiary/aromatic N) is 4. The maximum absolute atomic E-state index is 13.4. The van der Waals surface area contributed by atoms with Crippen LogP contribution in [-0.2, 0) is 17.4 Å². The summed E-state index contributed by atoms with van der Waals surface area (Å²) in [6.45, 7) is 1.96. The van der Waals surface area contributed by atoms with Gasteiger partial charge in [0.25, 0.3) is 11.7 Å². The van der Waals surface area contributed by atoms with E-state index in [0.717, 1.165) is 29.7 Å². The first-order valence-corrected chi connectivity index (χ1v) is 12.5. The van der Waals surface area contributed by atoms with Crippen LogP contribution in [0.3, 0.4) is 0 Å². The summed E-state index contributed by atoms with van der Waals surface area (Å²) in [4.78, 5) is 40.4. The molecule has 0 aliphatic carbocycles. The Kier molecular flexibility index (Phi) is 6.24. The van der Waals surface area contributed by atoms with Gasteiger partial charge in [0, 0.05) is 36.6 Å². The quantitative estimate of drug-likeness (QED) is 0.213. The Bertz CT molecular complexity index is 1590. The molecule has 2 N–H and O–H groups in total. The molecule has 40 heavy (non-hydrogen) atoms. The number of ketones is 1. The van der Waals surface area contributed by atoms with Crippen molar-refractivity contribution in [3.63, 3.8) is 0 Å². The number of aromatic nitrogens is 3. The molecule has 1 saturated heterocycles. The van der Waals surface area contributed by atoms with Crippen molar-refractivity contribution in [1.29, 1.82) is 0 Å². The number of carbonyl (C=O) groups is 2. The zero-order valence-electron chi connectivity index (χ0n) is 20.9. The summed E-state index contributed by atoms with van der Waals surface area (Å²) in [5.74, 6) is -2.21. The van der Waals surface area contributed by atoms with Crippen LogP contribution in [0.15, 0.2) is 67.0 Å². The molecule has 4 heterocycles. The highest BCUT2D eigenvalue weighted by Crippen LogP contribution is 2.37. The monoisotopic (exact) mass is 550 g/mol. The van der Waals surface area contributed by atoms with Crippen LogP contribution in [0.4, 0.5) is 34.9 Å². The molecule has 0 spiro atoms. The number of Topliss-reactive ketones (excluding diaryl/α,β-unsaturated/α-hetero) is 1. The lowest BCUT2D eigenvalue weighted by Gasteiger charge is -2.39. The minimum atomic E-state index is -4.72. The molecule has 8 nitrogen and oxygen atoms in total. The molecule has 0 bridgehead atoms. The molecule has 1 atom stereocenters. The van der Waals surface area contributed by atoms with Gasteiger partial charge < -0.3 is 20.1 Å². The van der Waals surface area contributed by atoms with Gasteiger partial charge in [-0.15, -0.1) is 0 Å².